The molecular formula is C81H136N4O23. The molecule has 618 valence electrons. The Hall–Kier alpha value is -4.89. The van der Waals surface area contributed by atoms with Gasteiger partial charge < -0.3 is 108 Å². The van der Waals surface area contributed by atoms with Crippen molar-refractivity contribution in [3.63, 3.8) is 0 Å². The van der Waals surface area contributed by atoms with Gasteiger partial charge in [0.15, 0.2) is 18.7 Å². The first-order chi connectivity index (χ1) is 50.2. The van der Waals surface area contributed by atoms with E-state index in [4.69, 9.17) is 42.6 Å². The standard InChI is InChI=1S/C51H78N2O14.C30H58N2O9/c1-12-40-51(8,61)45(57)35(6)53(11)28-31(2)27-50(7,60)46(33(4)43(56)34(5)47(58)65-40)67-49-44(39(52(9)10)25-32(3)64-49)66-41(54)24-23-38(48(59)63-30-37-21-17-14-18-22-37)26-42(55)62-29-36-19-15-13-16-20-36;1-12-22-30(8,38)25(35)20(6)32(11)15-16(2)14-29(7,37)26(18(4)23(33)19(5)27(36)40-22)41-28-24(34)21(31(9)10)13-17(3)39-28/h13-22,31-35,38-40,43-46,49,56-57,60-61H,12,23-30H2,1-11H3;16-26,28,33-35,37-38H,12-15H2,1-11H3/t31-,32-,33+,34-,35-,38+,39+,40-,43+,44-,45-,46-,49+,50-,51-;16-,17-,18+,19-,20-,21+,22-,23+,24-,25-,26-,28+,29-,30-/m11/s1. The van der Waals surface area contributed by atoms with Crippen molar-refractivity contribution >= 4 is 29.8 Å². The molecule has 27 heteroatoms. The van der Waals surface area contributed by atoms with E-state index in [1.807, 2.05) is 131 Å². The molecule has 6 rings (SSSR count). The third-order valence-corrected chi connectivity index (χ3v) is 23.1. The lowest BCUT2D eigenvalue weighted by Crippen LogP contribution is -2.60. The van der Waals surface area contributed by atoms with Crippen LogP contribution in [0.4, 0.5) is 0 Å². The number of carbonyl (C=O) groups is 5. The fourth-order valence-corrected chi connectivity index (χ4v) is 16.2. The minimum absolute atomic E-state index is 0.00919. The number of esters is 5. The largest absolute Gasteiger partial charge is 0.461 e. The number of rotatable bonds is 19. The summed E-state index contributed by atoms with van der Waals surface area (Å²) < 4.78 is 54.4. The highest BCUT2D eigenvalue weighted by molar-refractivity contribution is 5.81. The van der Waals surface area contributed by atoms with Crippen LogP contribution in [0.2, 0.25) is 0 Å². The zero-order valence-corrected chi connectivity index (χ0v) is 68.4. The molecule has 0 radical (unpaired) electrons. The van der Waals surface area contributed by atoms with Gasteiger partial charge in [0.25, 0.3) is 0 Å². The number of nitrogens with zero attached hydrogens (tertiary/aromatic N) is 4. The summed E-state index contributed by atoms with van der Waals surface area (Å²) in [6, 6.07) is 16.4. The molecule has 4 aliphatic heterocycles. The molecule has 29 atom stereocenters. The molecule has 4 heterocycles. The number of carbonyl (C=O) groups excluding carboxylic acids is 5. The number of hydrogen-bond acceptors (Lipinski definition) is 27. The monoisotopic (exact) mass is 1530 g/mol. The molecule has 2 aromatic carbocycles. The van der Waals surface area contributed by atoms with Crippen LogP contribution in [0.25, 0.3) is 0 Å². The predicted octanol–water partition coefficient (Wildman–Crippen LogP) is 5.78. The average molecular weight is 1530 g/mol. The summed E-state index contributed by atoms with van der Waals surface area (Å²) in [5, 5.41) is 104. The van der Waals surface area contributed by atoms with E-state index in [2.05, 4.69) is 0 Å². The Bertz CT molecular complexity index is 3070. The Labute approximate surface area is 642 Å². The molecule has 0 unspecified atom stereocenters. The minimum Gasteiger partial charge on any atom is -0.461 e. The van der Waals surface area contributed by atoms with Gasteiger partial charge in [-0.15, -0.1) is 0 Å². The molecule has 0 aliphatic carbocycles. The van der Waals surface area contributed by atoms with Crippen LogP contribution in [0.15, 0.2) is 60.7 Å². The third kappa shape index (κ3) is 25.3. The van der Waals surface area contributed by atoms with Crippen LogP contribution < -0.4 is 0 Å². The highest BCUT2D eigenvalue weighted by Crippen LogP contribution is 2.40. The second kappa shape index (κ2) is 41.2. The van der Waals surface area contributed by atoms with Crippen LogP contribution in [0.5, 0.6) is 0 Å². The topological polar surface area (TPSA) is 363 Å². The lowest BCUT2D eigenvalue weighted by Gasteiger charge is -2.47. The first-order valence-corrected chi connectivity index (χ1v) is 38.9. The minimum atomic E-state index is -1.83. The Morgan fingerprint density at radius 1 is 0.556 bits per heavy atom. The molecule has 0 saturated carbocycles. The quantitative estimate of drug-likeness (QED) is 0.0595. The number of hydrogen-bond donors (Lipinski definition) is 9. The van der Waals surface area contributed by atoms with Gasteiger partial charge in [0.2, 0.25) is 0 Å². The van der Waals surface area contributed by atoms with E-state index in [1.165, 1.54) is 27.7 Å². The van der Waals surface area contributed by atoms with Gasteiger partial charge in [-0.05, 0) is 179 Å². The smallest absolute Gasteiger partial charge is 0.311 e. The van der Waals surface area contributed by atoms with E-state index in [9.17, 15) is 69.9 Å². The fraction of sp³-hybridized carbons (Fsp3) is 0.790. The van der Waals surface area contributed by atoms with Crippen molar-refractivity contribution in [2.24, 2.45) is 41.4 Å². The molecule has 0 bridgehead atoms. The van der Waals surface area contributed by atoms with Gasteiger partial charge in [-0.1, -0.05) is 102 Å². The van der Waals surface area contributed by atoms with Gasteiger partial charge in [0.1, 0.15) is 54.9 Å². The van der Waals surface area contributed by atoms with E-state index < -0.39 is 180 Å². The molecule has 4 aliphatic rings. The summed E-state index contributed by atoms with van der Waals surface area (Å²) in [5.41, 5.74) is -5.23. The van der Waals surface area contributed by atoms with E-state index in [0.717, 1.165) is 11.1 Å². The summed E-state index contributed by atoms with van der Waals surface area (Å²) in [7, 11) is 11.0. The summed E-state index contributed by atoms with van der Waals surface area (Å²) >= 11 is 0. The summed E-state index contributed by atoms with van der Waals surface area (Å²) in [5.74, 6) is -8.85. The van der Waals surface area contributed by atoms with Gasteiger partial charge >= 0.3 is 29.8 Å². The maximum atomic E-state index is 14.0. The summed E-state index contributed by atoms with van der Waals surface area (Å²) in [4.78, 5) is 75.2. The molecule has 2 aromatic rings. The fourth-order valence-electron chi connectivity index (χ4n) is 16.2. The first-order valence-electron chi connectivity index (χ1n) is 38.9. The van der Waals surface area contributed by atoms with Crippen LogP contribution in [0.3, 0.4) is 0 Å². The van der Waals surface area contributed by atoms with Crippen molar-refractivity contribution in [1.82, 2.24) is 19.6 Å². The lowest BCUT2D eigenvalue weighted by atomic mass is 9.78. The number of benzene rings is 2. The van der Waals surface area contributed by atoms with Gasteiger partial charge in [-0.2, -0.15) is 0 Å². The number of aliphatic hydroxyl groups excluding tert-OH is 5. The number of likely N-dealkylation sites (N-methyl/N-ethyl adjacent to an activating group) is 4. The molecule has 9 N–H and O–H groups in total. The van der Waals surface area contributed by atoms with Crippen molar-refractivity contribution in [2.45, 2.75) is 314 Å². The van der Waals surface area contributed by atoms with E-state index >= 15 is 0 Å². The number of aliphatic hydroxyl groups is 9. The van der Waals surface area contributed by atoms with Crippen LogP contribution in [-0.2, 0) is 79.8 Å². The second-order valence-corrected chi connectivity index (χ2v) is 33.4. The zero-order chi connectivity index (χ0) is 81.4. The highest BCUT2D eigenvalue weighted by Gasteiger charge is 2.54. The molecular weight excluding hydrogens is 1400 g/mol. The molecule has 108 heavy (non-hydrogen) atoms. The highest BCUT2D eigenvalue weighted by atomic mass is 16.7. The average Bonchev–Trinajstić information content (AvgIpc) is 1.18. The Kier molecular flexibility index (Phi) is 35.8. The molecule has 0 aromatic heterocycles. The van der Waals surface area contributed by atoms with Gasteiger partial charge in [0, 0.05) is 49.5 Å². The maximum absolute atomic E-state index is 14.0. The van der Waals surface area contributed by atoms with E-state index in [1.54, 1.807) is 74.6 Å². The normalized spacial score (nSPS) is 39.6. The summed E-state index contributed by atoms with van der Waals surface area (Å²) in [6.45, 7) is 28.0. The number of ether oxygens (including phenoxy) is 9. The van der Waals surface area contributed by atoms with Crippen molar-refractivity contribution in [3.05, 3.63) is 71.8 Å². The zero-order valence-electron chi connectivity index (χ0n) is 68.4. The van der Waals surface area contributed by atoms with Crippen molar-refractivity contribution in [2.75, 3.05) is 55.4 Å². The maximum Gasteiger partial charge on any atom is 0.311 e. The SMILES string of the molecule is CC[C@H]1OC(=O)[C@H](C)[C@@H](O)[C@H](C)[C@@H](O[C@@H]2O[C@H](C)C[C@H](N(C)C)[C@H]2O)[C@](C)(O)C[C@@H](C)CN(C)[C@H](C)[C@@H](O)[C@]1(C)O.CC[C@H]1OC(=O)[C@H](C)[C@@H](O)[C@H](C)[C@@H](O[C@@H]2O[C@H](C)C[C@H](N(C)C)[C@H]2OC(=O)CC[C@@H](CC(=O)OCc2ccccc2)C(=O)OCc2ccccc2)[C@](C)(O)C[C@@H](C)CN(C)[C@H](C)[C@@H](O)[C@]1(C)O. The second-order valence-electron chi connectivity index (χ2n) is 33.4. The molecule has 0 amide bonds. The molecule has 27 nitrogen and oxygen atoms in total. The van der Waals surface area contributed by atoms with Crippen LogP contribution in [0, 0.1) is 41.4 Å². The Balaban J connectivity index is 0.000000436. The first kappa shape index (κ1) is 93.7. The van der Waals surface area contributed by atoms with E-state index in [-0.39, 0.29) is 82.1 Å². The van der Waals surface area contributed by atoms with Crippen molar-refractivity contribution in [3.8, 4) is 0 Å². The lowest BCUT2D eigenvalue weighted by molar-refractivity contribution is -0.301. The Morgan fingerprint density at radius 2 is 0.944 bits per heavy atom. The van der Waals surface area contributed by atoms with Crippen molar-refractivity contribution < 1.29 is 113 Å². The van der Waals surface area contributed by atoms with Gasteiger partial charge in [-0.25, -0.2) is 0 Å². The van der Waals surface area contributed by atoms with Crippen molar-refractivity contribution in [1.29, 1.82) is 0 Å². The van der Waals surface area contributed by atoms with Crippen LogP contribution in [-0.4, -0.2) is 283 Å². The molecule has 4 fully saturated rings. The predicted molar refractivity (Wildman–Crippen MR) is 404 cm³/mol. The molecule has 0 spiro atoms. The molecule has 4 saturated heterocycles. The Morgan fingerprint density at radius 3 is 1.35 bits per heavy atom. The third-order valence-electron chi connectivity index (χ3n) is 23.1. The number of cyclic esters (lactones) is 2. The van der Waals surface area contributed by atoms with E-state index in [0.29, 0.717) is 25.9 Å². The van der Waals surface area contributed by atoms with Crippen LogP contribution in [0.1, 0.15) is 180 Å². The summed E-state index contributed by atoms with van der Waals surface area (Å²) in [6.07, 6.45) is -13.5. The van der Waals surface area contributed by atoms with Gasteiger partial charge in [0.05, 0.1) is 78.0 Å². The van der Waals surface area contributed by atoms with Gasteiger partial charge in [-0.3, -0.25) is 24.0 Å². The van der Waals surface area contributed by atoms with Crippen LogP contribution >= 0.6 is 0 Å².